The predicted molar refractivity (Wildman–Crippen MR) is 62.7 cm³/mol. The van der Waals surface area contributed by atoms with Crippen LogP contribution in [0, 0.1) is 0 Å². The minimum Gasteiger partial charge on any atom is -0.460 e. The van der Waals surface area contributed by atoms with E-state index >= 15 is 0 Å². The maximum atomic E-state index is 11.0. The van der Waals surface area contributed by atoms with Gasteiger partial charge in [0.15, 0.2) is 5.75 Å². The van der Waals surface area contributed by atoms with Gasteiger partial charge in [0, 0.05) is 0 Å². The Morgan fingerprint density at radius 2 is 2.18 bits per heavy atom. The Hall–Kier alpha value is -1.66. The van der Waals surface area contributed by atoms with Crippen molar-refractivity contribution in [2.75, 3.05) is 5.75 Å². The standard InChI is InChI=1S/C11H12O5S/c1-2-9-4-3-5-10(6-9)7-16-11(12)8-17(13,14)15/h2-6H,1,7-8H2,(H,13,14,15). The van der Waals surface area contributed by atoms with E-state index in [0.717, 1.165) is 5.56 Å². The molecule has 1 rings (SSSR count). The van der Waals surface area contributed by atoms with Crippen molar-refractivity contribution in [3.8, 4) is 0 Å². The van der Waals surface area contributed by atoms with Crippen molar-refractivity contribution in [2.24, 2.45) is 0 Å². The Balaban J connectivity index is 2.55. The van der Waals surface area contributed by atoms with E-state index in [2.05, 4.69) is 6.58 Å². The maximum Gasteiger partial charge on any atom is 0.323 e. The van der Waals surface area contributed by atoms with Crippen molar-refractivity contribution in [2.45, 2.75) is 6.61 Å². The molecule has 17 heavy (non-hydrogen) atoms. The van der Waals surface area contributed by atoms with Gasteiger partial charge < -0.3 is 4.74 Å². The number of ether oxygens (including phenoxy) is 1. The lowest BCUT2D eigenvalue weighted by atomic mass is 10.1. The quantitative estimate of drug-likeness (QED) is 0.633. The second-order valence-corrected chi connectivity index (χ2v) is 4.79. The molecule has 1 aromatic rings. The molecular weight excluding hydrogens is 244 g/mol. The van der Waals surface area contributed by atoms with Crippen LogP contribution in [0.4, 0.5) is 0 Å². The molecule has 0 radical (unpaired) electrons. The van der Waals surface area contributed by atoms with Crippen molar-refractivity contribution in [3.05, 3.63) is 42.0 Å². The van der Waals surface area contributed by atoms with E-state index in [0.29, 0.717) is 5.56 Å². The van der Waals surface area contributed by atoms with Crippen molar-refractivity contribution in [1.82, 2.24) is 0 Å². The van der Waals surface area contributed by atoms with Gasteiger partial charge in [0.25, 0.3) is 10.1 Å². The Bertz CT molecular complexity index is 518. The van der Waals surface area contributed by atoms with Crippen LogP contribution >= 0.6 is 0 Å². The molecule has 5 nitrogen and oxygen atoms in total. The molecule has 0 heterocycles. The molecule has 0 aromatic heterocycles. The lowest BCUT2D eigenvalue weighted by molar-refractivity contribution is -0.141. The first-order valence-corrected chi connectivity index (χ1v) is 6.34. The van der Waals surface area contributed by atoms with Gasteiger partial charge in [0.1, 0.15) is 6.61 Å². The molecule has 0 aliphatic rings. The monoisotopic (exact) mass is 256 g/mol. The van der Waals surface area contributed by atoms with E-state index in [1.807, 2.05) is 6.07 Å². The summed E-state index contributed by atoms with van der Waals surface area (Å²) in [6.07, 6.45) is 1.64. The van der Waals surface area contributed by atoms with Crippen molar-refractivity contribution >= 4 is 22.2 Å². The van der Waals surface area contributed by atoms with Gasteiger partial charge in [0.05, 0.1) is 0 Å². The topological polar surface area (TPSA) is 80.7 Å². The summed E-state index contributed by atoms with van der Waals surface area (Å²) in [5.41, 5.74) is 1.58. The molecule has 0 saturated heterocycles. The van der Waals surface area contributed by atoms with Crippen LogP contribution in [0.1, 0.15) is 11.1 Å². The van der Waals surface area contributed by atoms with Gasteiger partial charge in [-0.05, 0) is 17.2 Å². The molecule has 6 heteroatoms. The number of carbonyl (C=O) groups is 1. The Morgan fingerprint density at radius 3 is 2.76 bits per heavy atom. The highest BCUT2D eigenvalue weighted by atomic mass is 32.2. The molecule has 0 unspecified atom stereocenters. The fourth-order valence-corrected chi connectivity index (χ4v) is 1.55. The third kappa shape index (κ3) is 5.28. The summed E-state index contributed by atoms with van der Waals surface area (Å²) < 4.78 is 33.9. The highest BCUT2D eigenvalue weighted by Crippen LogP contribution is 2.07. The highest BCUT2D eigenvalue weighted by Gasteiger charge is 2.13. The average Bonchev–Trinajstić information content (AvgIpc) is 2.24. The maximum absolute atomic E-state index is 11.0. The van der Waals surface area contributed by atoms with Gasteiger partial charge in [-0.25, -0.2) is 0 Å². The molecule has 0 bridgehead atoms. The number of esters is 1. The molecule has 92 valence electrons. The molecule has 0 amide bonds. The summed E-state index contributed by atoms with van der Waals surface area (Å²) in [4.78, 5) is 11.0. The normalized spacial score (nSPS) is 10.9. The van der Waals surface area contributed by atoms with Crippen LogP contribution in [0.5, 0.6) is 0 Å². The molecule has 0 atom stereocenters. The first kappa shape index (κ1) is 13.4. The van der Waals surface area contributed by atoms with Crippen LogP contribution in [0.15, 0.2) is 30.8 Å². The summed E-state index contributed by atoms with van der Waals surface area (Å²) >= 11 is 0. The lowest BCUT2D eigenvalue weighted by Crippen LogP contribution is -2.17. The summed E-state index contributed by atoms with van der Waals surface area (Å²) in [7, 11) is -4.33. The summed E-state index contributed by atoms with van der Waals surface area (Å²) in [5.74, 6) is -2.02. The highest BCUT2D eigenvalue weighted by molar-refractivity contribution is 7.86. The first-order chi connectivity index (χ1) is 7.90. The molecule has 0 aliphatic carbocycles. The van der Waals surface area contributed by atoms with E-state index in [1.165, 1.54) is 0 Å². The molecule has 1 aromatic carbocycles. The van der Waals surface area contributed by atoms with Gasteiger partial charge >= 0.3 is 5.97 Å². The average molecular weight is 256 g/mol. The van der Waals surface area contributed by atoms with Gasteiger partial charge in [-0.1, -0.05) is 30.9 Å². The molecule has 0 fully saturated rings. The summed E-state index contributed by atoms with van der Waals surface area (Å²) in [5, 5.41) is 0. The first-order valence-electron chi connectivity index (χ1n) is 4.73. The Labute approximate surface area is 99.5 Å². The fourth-order valence-electron chi connectivity index (χ4n) is 1.16. The van der Waals surface area contributed by atoms with Crippen LogP contribution in [0.3, 0.4) is 0 Å². The molecule has 0 saturated carbocycles. The molecule has 1 N–H and O–H groups in total. The Kier molecular flexibility index (Phi) is 4.42. The van der Waals surface area contributed by atoms with E-state index in [-0.39, 0.29) is 6.61 Å². The summed E-state index contributed by atoms with van der Waals surface area (Å²) in [6.45, 7) is 3.55. The largest absolute Gasteiger partial charge is 0.460 e. The van der Waals surface area contributed by atoms with E-state index in [1.54, 1.807) is 24.3 Å². The number of carbonyl (C=O) groups excluding carboxylic acids is 1. The van der Waals surface area contributed by atoms with Gasteiger partial charge in [-0.3, -0.25) is 9.35 Å². The van der Waals surface area contributed by atoms with Crippen molar-refractivity contribution in [3.63, 3.8) is 0 Å². The Morgan fingerprint density at radius 1 is 1.47 bits per heavy atom. The minimum atomic E-state index is -4.33. The minimum absolute atomic E-state index is 0.0456. The van der Waals surface area contributed by atoms with Crippen LogP contribution in [-0.2, 0) is 26.3 Å². The van der Waals surface area contributed by atoms with Gasteiger partial charge in [-0.15, -0.1) is 0 Å². The fraction of sp³-hybridized carbons (Fsp3) is 0.182. The number of rotatable bonds is 5. The lowest BCUT2D eigenvalue weighted by Gasteiger charge is -2.04. The molecular formula is C11H12O5S. The summed E-state index contributed by atoms with van der Waals surface area (Å²) in [6, 6.07) is 7.08. The van der Waals surface area contributed by atoms with Crippen LogP contribution in [0.25, 0.3) is 6.08 Å². The van der Waals surface area contributed by atoms with Crippen molar-refractivity contribution in [1.29, 1.82) is 0 Å². The van der Waals surface area contributed by atoms with Crippen LogP contribution < -0.4 is 0 Å². The SMILES string of the molecule is C=Cc1cccc(COC(=O)CS(=O)(=O)O)c1. The third-order valence-corrected chi connectivity index (χ3v) is 2.49. The zero-order valence-corrected chi connectivity index (χ0v) is 9.81. The van der Waals surface area contributed by atoms with Gasteiger partial charge in [-0.2, -0.15) is 8.42 Å². The predicted octanol–water partition coefficient (Wildman–Crippen LogP) is 1.26. The molecule has 0 spiro atoms. The third-order valence-electron chi connectivity index (χ3n) is 1.89. The number of hydrogen-bond donors (Lipinski definition) is 1. The van der Waals surface area contributed by atoms with Gasteiger partial charge in [0.2, 0.25) is 0 Å². The van der Waals surface area contributed by atoms with E-state index in [9.17, 15) is 13.2 Å². The second-order valence-electron chi connectivity index (χ2n) is 3.34. The van der Waals surface area contributed by atoms with Crippen LogP contribution in [-0.4, -0.2) is 24.7 Å². The number of benzene rings is 1. The van der Waals surface area contributed by atoms with E-state index in [4.69, 9.17) is 9.29 Å². The van der Waals surface area contributed by atoms with Crippen molar-refractivity contribution < 1.29 is 22.5 Å². The van der Waals surface area contributed by atoms with Crippen LogP contribution in [0.2, 0.25) is 0 Å². The zero-order valence-electron chi connectivity index (χ0n) is 9.00. The smallest absolute Gasteiger partial charge is 0.323 e. The number of hydrogen-bond acceptors (Lipinski definition) is 4. The van der Waals surface area contributed by atoms with E-state index < -0.39 is 21.8 Å². The molecule has 0 aliphatic heterocycles. The zero-order chi connectivity index (χ0) is 12.9. The second kappa shape index (κ2) is 5.60.